The Morgan fingerprint density at radius 1 is 1.50 bits per heavy atom. The molecule has 20 heavy (non-hydrogen) atoms. The van der Waals surface area contributed by atoms with Crippen LogP contribution in [0.25, 0.3) is 0 Å². The summed E-state index contributed by atoms with van der Waals surface area (Å²) in [5.41, 5.74) is 5.91. The first-order chi connectivity index (χ1) is 9.33. The fraction of sp³-hybridized carbons (Fsp3) is 0.500. The normalized spacial score (nSPS) is 18.4. The molecule has 1 atom stereocenters. The highest BCUT2D eigenvalue weighted by atomic mass is 32.2. The van der Waals surface area contributed by atoms with E-state index in [1.165, 1.54) is 0 Å². The average Bonchev–Trinajstić information content (AvgIpc) is 2.49. The molecule has 1 heterocycles. The van der Waals surface area contributed by atoms with Gasteiger partial charge in [-0.1, -0.05) is 0 Å². The molecule has 0 fully saturated rings. The lowest BCUT2D eigenvalue weighted by Gasteiger charge is -2.22. The predicted octanol–water partition coefficient (Wildman–Crippen LogP) is 2.65. The minimum absolute atomic E-state index is 0.0940. The zero-order valence-corrected chi connectivity index (χ0v) is 12.8. The van der Waals surface area contributed by atoms with E-state index in [1.807, 2.05) is 32.9 Å². The molecule has 0 aromatic heterocycles. The van der Waals surface area contributed by atoms with Gasteiger partial charge in [-0.25, -0.2) is 4.79 Å². The summed E-state index contributed by atoms with van der Waals surface area (Å²) in [6.07, 6.45) is -0.419. The van der Waals surface area contributed by atoms with Crippen LogP contribution in [-0.2, 0) is 4.74 Å². The SMILES string of the molecule is CC(C)(C)OC(=O)NC1COc2cc(N)ccc2SC1. The Bertz CT molecular complexity index is 500. The van der Waals surface area contributed by atoms with Crippen LogP contribution in [0.2, 0.25) is 0 Å². The Labute approximate surface area is 123 Å². The molecule has 0 saturated carbocycles. The van der Waals surface area contributed by atoms with Crippen molar-refractivity contribution in [2.24, 2.45) is 0 Å². The van der Waals surface area contributed by atoms with E-state index in [0.29, 0.717) is 12.3 Å². The lowest BCUT2D eigenvalue weighted by Crippen LogP contribution is -2.43. The number of rotatable bonds is 1. The summed E-state index contributed by atoms with van der Waals surface area (Å²) in [7, 11) is 0. The van der Waals surface area contributed by atoms with Crippen LogP contribution in [0.3, 0.4) is 0 Å². The van der Waals surface area contributed by atoms with Crippen molar-refractivity contribution in [2.75, 3.05) is 18.1 Å². The standard InChI is InChI=1S/C14H20N2O3S/c1-14(2,3)19-13(17)16-10-7-18-11-6-9(15)4-5-12(11)20-8-10/h4-6,10H,7-8,15H2,1-3H3,(H,16,17). The number of nitrogens with two attached hydrogens (primary N) is 1. The second kappa shape index (κ2) is 5.83. The van der Waals surface area contributed by atoms with Crippen LogP contribution in [0.5, 0.6) is 5.75 Å². The summed E-state index contributed by atoms with van der Waals surface area (Å²) in [5, 5.41) is 2.83. The molecule has 0 saturated heterocycles. The third-order valence-electron chi connectivity index (χ3n) is 2.57. The molecule has 1 aliphatic rings. The molecule has 0 radical (unpaired) electrons. The topological polar surface area (TPSA) is 73.6 Å². The van der Waals surface area contributed by atoms with Gasteiger partial charge in [0, 0.05) is 22.4 Å². The molecule has 0 spiro atoms. The van der Waals surface area contributed by atoms with Gasteiger partial charge < -0.3 is 20.5 Å². The quantitative estimate of drug-likeness (QED) is 0.779. The molecule has 6 heteroatoms. The molecule has 0 bridgehead atoms. The third kappa shape index (κ3) is 4.23. The number of carbonyl (C=O) groups excluding carboxylic acids is 1. The molecule has 0 aliphatic carbocycles. The van der Waals surface area contributed by atoms with Crippen LogP contribution in [0.1, 0.15) is 20.8 Å². The zero-order chi connectivity index (χ0) is 14.8. The molecule has 2 rings (SSSR count). The van der Waals surface area contributed by atoms with E-state index in [9.17, 15) is 4.79 Å². The highest BCUT2D eigenvalue weighted by molar-refractivity contribution is 7.99. The van der Waals surface area contributed by atoms with Gasteiger partial charge in [-0.2, -0.15) is 0 Å². The van der Waals surface area contributed by atoms with E-state index in [2.05, 4.69) is 5.32 Å². The second-order valence-electron chi connectivity index (χ2n) is 5.67. The molecule has 1 aromatic rings. The summed E-state index contributed by atoms with van der Waals surface area (Å²) < 4.78 is 10.9. The number of hydrogen-bond acceptors (Lipinski definition) is 5. The second-order valence-corrected chi connectivity index (χ2v) is 6.73. The van der Waals surface area contributed by atoms with Crippen LogP contribution in [-0.4, -0.2) is 30.1 Å². The van der Waals surface area contributed by atoms with Gasteiger partial charge in [-0.05, 0) is 32.9 Å². The van der Waals surface area contributed by atoms with Crippen molar-refractivity contribution in [1.82, 2.24) is 5.32 Å². The highest BCUT2D eigenvalue weighted by Crippen LogP contribution is 2.33. The van der Waals surface area contributed by atoms with Crippen LogP contribution < -0.4 is 15.8 Å². The van der Waals surface area contributed by atoms with Crippen LogP contribution in [0.4, 0.5) is 10.5 Å². The third-order valence-corrected chi connectivity index (χ3v) is 3.79. The van der Waals surface area contributed by atoms with Crippen molar-refractivity contribution in [3.8, 4) is 5.75 Å². The van der Waals surface area contributed by atoms with Crippen molar-refractivity contribution in [1.29, 1.82) is 0 Å². The van der Waals surface area contributed by atoms with Crippen LogP contribution >= 0.6 is 11.8 Å². The number of amides is 1. The van der Waals surface area contributed by atoms with E-state index < -0.39 is 11.7 Å². The maximum Gasteiger partial charge on any atom is 0.408 e. The number of fused-ring (bicyclic) bond motifs is 1. The predicted molar refractivity (Wildman–Crippen MR) is 80.2 cm³/mol. The van der Waals surface area contributed by atoms with Crippen molar-refractivity contribution >= 4 is 23.5 Å². The molecular weight excluding hydrogens is 276 g/mol. The summed E-state index contributed by atoms with van der Waals surface area (Å²) in [4.78, 5) is 12.8. The first-order valence-corrected chi connectivity index (χ1v) is 7.47. The number of thioether (sulfide) groups is 1. The minimum atomic E-state index is -0.500. The summed E-state index contributed by atoms with van der Waals surface area (Å²) in [6, 6.07) is 5.49. The summed E-state index contributed by atoms with van der Waals surface area (Å²) in [6.45, 7) is 5.92. The Balaban J connectivity index is 1.94. The van der Waals surface area contributed by atoms with Gasteiger partial charge in [0.2, 0.25) is 0 Å². The monoisotopic (exact) mass is 296 g/mol. The number of benzene rings is 1. The average molecular weight is 296 g/mol. The first-order valence-electron chi connectivity index (χ1n) is 6.48. The maximum atomic E-state index is 11.7. The largest absolute Gasteiger partial charge is 0.490 e. The van der Waals surface area contributed by atoms with Gasteiger partial charge in [0.15, 0.2) is 0 Å². The number of nitrogens with one attached hydrogen (secondary N) is 1. The summed E-state index contributed by atoms with van der Waals surface area (Å²) >= 11 is 1.64. The van der Waals surface area contributed by atoms with Crippen molar-refractivity contribution in [2.45, 2.75) is 37.3 Å². The fourth-order valence-electron chi connectivity index (χ4n) is 1.74. The number of hydrogen-bond donors (Lipinski definition) is 2. The van der Waals surface area contributed by atoms with Gasteiger partial charge in [0.25, 0.3) is 0 Å². The maximum absolute atomic E-state index is 11.7. The lowest BCUT2D eigenvalue weighted by molar-refractivity contribution is 0.0495. The number of nitrogen functional groups attached to an aromatic ring is 1. The van der Waals surface area contributed by atoms with Gasteiger partial charge in [-0.15, -0.1) is 11.8 Å². The molecule has 1 amide bonds. The van der Waals surface area contributed by atoms with Gasteiger partial charge >= 0.3 is 6.09 Å². The van der Waals surface area contributed by atoms with E-state index in [-0.39, 0.29) is 6.04 Å². The molecule has 110 valence electrons. The van der Waals surface area contributed by atoms with Gasteiger partial charge in [0.1, 0.15) is 18.0 Å². The molecule has 1 aliphatic heterocycles. The highest BCUT2D eigenvalue weighted by Gasteiger charge is 2.22. The van der Waals surface area contributed by atoms with E-state index in [0.717, 1.165) is 16.4 Å². The van der Waals surface area contributed by atoms with E-state index in [4.69, 9.17) is 15.2 Å². The molecule has 1 aromatic carbocycles. The lowest BCUT2D eigenvalue weighted by atomic mass is 10.2. The van der Waals surface area contributed by atoms with E-state index >= 15 is 0 Å². The number of carbonyl (C=O) groups is 1. The number of anilines is 1. The smallest absolute Gasteiger partial charge is 0.408 e. The number of ether oxygens (including phenoxy) is 2. The van der Waals surface area contributed by atoms with Crippen LogP contribution in [0, 0.1) is 0 Å². The number of alkyl carbamates (subject to hydrolysis) is 1. The van der Waals surface area contributed by atoms with Gasteiger partial charge in [-0.3, -0.25) is 0 Å². The zero-order valence-electron chi connectivity index (χ0n) is 11.9. The fourth-order valence-corrected chi connectivity index (χ4v) is 2.73. The Morgan fingerprint density at radius 2 is 2.25 bits per heavy atom. The van der Waals surface area contributed by atoms with Crippen molar-refractivity contribution in [3.05, 3.63) is 18.2 Å². The van der Waals surface area contributed by atoms with Crippen LogP contribution in [0.15, 0.2) is 23.1 Å². The van der Waals surface area contributed by atoms with Gasteiger partial charge in [0.05, 0.1) is 6.04 Å². The summed E-state index contributed by atoms with van der Waals surface area (Å²) in [5.74, 6) is 1.50. The molecular formula is C14H20N2O3S. The Kier molecular flexibility index (Phi) is 4.32. The van der Waals surface area contributed by atoms with Crippen molar-refractivity contribution < 1.29 is 14.3 Å². The van der Waals surface area contributed by atoms with E-state index in [1.54, 1.807) is 17.8 Å². The molecule has 1 unspecified atom stereocenters. The Hall–Kier alpha value is -1.56. The Morgan fingerprint density at radius 3 is 2.95 bits per heavy atom. The molecule has 5 nitrogen and oxygen atoms in total. The van der Waals surface area contributed by atoms with Crippen molar-refractivity contribution in [3.63, 3.8) is 0 Å². The minimum Gasteiger partial charge on any atom is -0.490 e. The first kappa shape index (κ1) is 14.8. The molecule has 3 N–H and O–H groups in total.